The average molecular weight is 617 g/mol. The van der Waals surface area contributed by atoms with Crippen LogP contribution in [0.4, 0.5) is 15.8 Å². The molecule has 4 aromatic rings. The number of aliphatic imine (C=N–C) groups is 2. The van der Waals surface area contributed by atoms with Crippen LogP contribution in [0, 0.1) is 5.82 Å². The van der Waals surface area contributed by atoms with Gasteiger partial charge in [0.2, 0.25) is 0 Å². The standard InChI is InChI=1S/C20H36N6O.C15H13FN2/c1-2-3-4-5-6-7-8-9-10-11-14-27-18-13-12-16(25-19(21)22)15-17(18)26-20(23)24;16-13-5-3-4-11(8-13)15(17)12-9-14-6-1-2-7-18(14)10-12/h12-13,15H,2-11,14H2,1H3,(H4,21,22,25)(H4,23,24,26);1-10,15H,17H2. The fourth-order valence-corrected chi connectivity index (χ4v) is 4.98. The first kappa shape index (κ1) is 34.9. The molecule has 0 radical (unpaired) electrons. The van der Waals surface area contributed by atoms with Crippen molar-refractivity contribution in [1.29, 1.82) is 0 Å². The number of pyridine rings is 1. The van der Waals surface area contributed by atoms with Gasteiger partial charge >= 0.3 is 0 Å². The van der Waals surface area contributed by atoms with Crippen LogP contribution < -0.4 is 33.4 Å². The smallest absolute Gasteiger partial charge is 0.191 e. The number of hydrogen-bond donors (Lipinski definition) is 5. The number of halogens is 1. The van der Waals surface area contributed by atoms with Gasteiger partial charge in [0.05, 0.1) is 18.3 Å². The number of rotatable bonds is 16. The first-order valence-electron chi connectivity index (χ1n) is 15.8. The van der Waals surface area contributed by atoms with E-state index in [1.165, 1.54) is 69.9 Å². The second-order valence-corrected chi connectivity index (χ2v) is 11.1. The number of guanidine groups is 2. The molecule has 9 nitrogen and oxygen atoms in total. The molecule has 0 aliphatic carbocycles. The molecule has 2 aromatic carbocycles. The maximum absolute atomic E-state index is 13.2. The van der Waals surface area contributed by atoms with Gasteiger partial charge in [0.1, 0.15) is 17.3 Å². The molecule has 2 aromatic heterocycles. The Labute approximate surface area is 266 Å². The zero-order valence-corrected chi connectivity index (χ0v) is 26.4. The van der Waals surface area contributed by atoms with E-state index in [0.29, 0.717) is 23.7 Å². The van der Waals surface area contributed by atoms with Crippen molar-refractivity contribution in [3.63, 3.8) is 0 Å². The highest BCUT2D eigenvalue weighted by Gasteiger charge is 2.11. The molecule has 45 heavy (non-hydrogen) atoms. The predicted octanol–water partition coefficient (Wildman–Crippen LogP) is 6.92. The lowest BCUT2D eigenvalue weighted by molar-refractivity contribution is 0.305. The molecule has 0 amide bonds. The van der Waals surface area contributed by atoms with Crippen molar-refractivity contribution < 1.29 is 9.13 Å². The first-order chi connectivity index (χ1) is 21.8. The molecule has 10 N–H and O–H groups in total. The topological polar surface area (TPSA) is 168 Å². The largest absolute Gasteiger partial charge is 0.491 e. The summed E-state index contributed by atoms with van der Waals surface area (Å²) < 4.78 is 21.0. The third kappa shape index (κ3) is 12.5. The SMILES string of the molecule is CCCCCCCCCCCCOc1ccc(N=C(N)N)cc1N=C(N)N.NC(c1cccc(F)c1)c1cc2ccccn2c1. The van der Waals surface area contributed by atoms with Crippen LogP contribution in [0.5, 0.6) is 5.75 Å². The van der Waals surface area contributed by atoms with Gasteiger partial charge in [-0.2, -0.15) is 0 Å². The van der Waals surface area contributed by atoms with Crippen molar-refractivity contribution in [2.75, 3.05) is 6.61 Å². The van der Waals surface area contributed by atoms with E-state index in [4.69, 9.17) is 33.4 Å². The number of hydrogen-bond acceptors (Lipinski definition) is 4. The van der Waals surface area contributed by atoms with Crippen LogP contribution in [-0.2, 0) is 0 Å². The molecule has 2 heterocycles. The van der Waals surface area contributed by atoms with Crippen LogP contribution >= 0.6 is 0 Å². The Balaban J connectivity index is 0.000000263. The van der Waals surface area contributed by atoms with E-state index in [1.807, 2.05) is 47.1 Å². The number of nitrogens with zero attached hydrogens (tertiary/aromatic N) is 3. The zero-order chi connectivity index (χ0) is 32.4. The molecule has 4 rings (SSSR count). The van der Waals surface area contributed by atoms with E-state index >= 15 is 0 Å². The molecule has 1 unspecified atom stereocenters. The Morgan fingerprint density at radius 2 is 1.44 bits per heavy atom. The Morgan fingerprint density at radius 3 is 2.09 bits per heavy atom. The third-order valence-corrected chi connectivity index (χ3v) is 7.30. The van der Waals surface area contributed by atoms with Gasteiger partial charge in [0.25, 0.3) is 0 Å². The first-order valence-corrected chi connectivity index (χ1v) is 15.8. The van der Waals surface area contributed by atoms with E-state index in [-0.39, 0.29) is 23.8 Å². The quantitative estimate of drug-likeness (QED) is 0.0520. The lowest BCUT2D eigenvalue weighted by atomic mass is 10.0. The maximum Gasteiger partial charge on any atom is 0.191 e. The van der Waals surface area contributed by atoms with Crippen LogP contribution in [0.2, 0.25) is 0 Å². The van der Waals surface area contributed by atoms with Crippen molar-refractivity contribution in [3.8, 4) is 5.75 Å². The van der Waals surface area contributed by atoms with Crippen LogP contribution in [0.1, 0.15) is 88.3 Å². The van der Waals surface area contributed by atoms with Crippen LogP contribution in [0.25, 0.3) is 5.52 Å². The monoisotopic (exact) mass is 616 g/mol. The molecule has 1 atom stereocenters. The minimum atomic E-state index is -0.305. The zero-order valence-electron chi connectivity index (χ0n) is 26.4. The van der Waals surface area contributed by atoms with E-state index in [1.54, 1.807) is 24.3 Å². The molecule has 0 bridgehead atoms. The molecule has 242 valence electrons. The molecule has 0 saturated carbocycles. The number of aromatic nitrogens is 1. The minimum Gasteiger partial charge on any atom is -0.491 e. The Hall–Kier alpha value is -4.57. The average Bonchev–Trinajstić information content (AvgIpc) is 3.45. The second-order valence-electron chi connectivity index (χ2n) is 11.1. The summed E-state index contributed by atoms with van der Waals surface area (Å²) in [6.07, 6.45) is 16.8. The van der Waals surface area contributed by atoms with Gasteiger partial charge in [-0.05, 0) is 66.1 Å². The van der Waals surface area contributed by atoms with E-state index in [2.05, 4.69) is 16.9 Å². The highest BCUT2D eigenvalue weighted by Crippen LogP contribution is 2.32. The summed E-state index contributed by atoms with van der Waals surface area (Å²) in [6.45, 7) is 2.88. The Morgan fingerprint density at radius 1 is 0.756 bits per heavy atom. The van der Waals surface area contributed by atoms with Gasteiger partial charge in [-0.1, -0.05) is 82.9 Å². The highest BCUT2D eigenvalue weighted by atomic mass is 19.1. The van der Waals surface area contributed by atoms with Crippen molar-refractivity contribution in [2.45, 2.75) is 77.2 Å². The predicted molar refractivity (Wildman–Crippen MR) is 185 cm³/mol. The van der Waals surface area contributed by atoms with Gasteiger partial charge in [0, 0.05) is 17.9 Å². The Kier molecular flexibility index (Phi) is 14.7. The van der Waals surface area contributed by atoms with Crippen molar-refractivity contribution in [1.82, 2.24) is 4.40 Å². The van der Waals surface area contributed by atoms with Gasteiger partial charge in [-0.3, -0.25) is 0 Å². The van der Waals surface area contributed by atoms with Crippen molar-refractivity contribution >= 4 is 28.8 Å². The second kappa shape index (κ2) is 19.0. The molecule has 0 aliphatic heterocycles. The lowest BCUT2D eigenvalue weighted by Crippen LogP contribution is -2.22. The number of fused-ring (bicyclic) bond motifs is 1. The molecular formula is C35H49FN8O. The summed E-state index contributed by atoms with van der Waals surface area (Å²) >= 11 is 0. The number of benzene rings is 2. The minimum absolute atomic E-state index is 0.0234. The van der Waals surface area contributed by atoms with Gasteiger partial charge < -0.3 is 37.8 Å². The van der Waals surface area contributed by atoms with Crippen LogP contribution in [-0.4, -0.2) is 22.9 Å². The highest BCUT2D eigenvalue weighted by molar-refractivity contribution is 5.82. The number of unbranched alkanes of at least 4 members (excludes halogenated alkanes) is 9. The molecule has 10 heteroatoms. The fraction of sp³-hybridized carbons (Fsp3) is 0.371. The van der Waals surface area contributed by atoms with Gasteiger partial charge in [0.15, 0.2) is 11.9 Å². The summed E-state index contributed by atoms with van der Waals surface area (Å²) in [5.74, 6) is 0.297. The van der Waals surface area contributed by atoms with Crippen molar-refractivity contribution in [3.05, 3.63) is 96.1 Å². The van der Waals surface area contributed by atoms with Gasteiger partial charge in [-0.15, -0.1) is 0 Å². The van der Waals surface area contributed by atoms with E-state index in [9.17, 15) is 4.39 Å². The third-order valence-electron chi connectivity index (χ3n) is 7.30. The molecular weight excluding hydrogens is 567 g/mol. The number of nitrogens with two attached hydrogens (primary N) is 5. The van der Waals surface area contributed by atoms with Gasteiger partial charge in [-0.25, -0.2) is 14.4 Å². The summed E-state index contributed by atoms with van der Waals surface area (Å²) in [6, 6.07) is 19.3. The van der Waals surface area contributed by atoms with Crippen LogP contribution in [0.3, 0.4) is 0 Å². The summed E-state index contributed by atoms with van der Waals surface area (Å²) in [5.41, 5.74) is 31.9. The van der Waals surface area contributed by atoms with Crippen molar-refractivity contribution in [2.24, 2.45) is 38.7 Å². The number of ether oxygens (including phenoxy) is 1. The summed E-state index contributed by atoms with van der Waals surface area (Å²) in [4.78, 5) is 8.09. The molecule has 0 fully saturated rings. The van der Waals surface area contributed by atoms with E-state index in [0.717, 1.165) is 23.1 Å². The lowest BCUT2D eigenvalue weighted by Gasteiger charge is -2.10. The molecule has 0 spiro atoms. The molecule has 0 aliphatic rings. The normalized spacial score (nSPS) is 11.4. The Bertz CT molecular complexity index is 1480. The molecule has 0 saturated heterocycles. The fourth-order valence-electron chi connectivity index (χ4n) is 4.98. The van der Waals surface area contributed by atoms with Crippen LogP contribution in [0.15, 0.2) is 89.1 Å². The summed E-state index contributed by atoms with van der Waals surface area (Å²) in [5, 5.41) is 0. The summed E-state index contributed by atoms with van der Waals surface area (Å²) in [7, 11) is 0. The maximum atomic E-state index is 13.2. The van der Waals surface area contributed by atoms with E-state index < -0.39 is 0 Å².